The lowest BCUT2D eigenvalue weighted by molar-refractivity contribution is -0.139. The number of carbonyl (C=O) groups is 2. The molecule has 0 aliphatic carbocycles. The molecule has 2 radical (unpaired) electrons. The standard InChI is InChI=1S/2C9H16O5.C2H6Si/c2*1-4-12-7(8(10)11)9(13-5-2)14-6-3;1-3-2/h2*4-6H2,1-3H3,(H,10,11);1-2H3. The van der Waals surface area contributed by atoms with E-state index in [2.05, 4.69) is 13.1 Å². The van der Waals surface area contributed by atoms with E-state index in [4.69, 9.17) is 38.6 Å². The van der Waals surface area contributed by atoms with Crippen molar-refractivity contribution in [2.45, 2.75) is 54.6 Å². The Hall–Kier alpha value is -2.56. The van der Waals surface area contributed by atoms with E-state index in [1.165, 1.54) is 0 Å². The molecule has 182 valence electrons. The molecule has 11 heteroatoms. The number of aliphatic carboxylic acids is 2. The van der Waals surface area contributed by atoms with E-state index in [1.54, 1.807) is 41.5 Å². The van der Waals surface area contributed by atoms with E-state index in [0.717, 1.165) is 9.52 Å². The number of hydrogen-bond acceptors (Lipinski definition) is 8. The van der Waals surface area contributed by atoms with Gasteiger partial charge in [-0.15, -0.1) is 0 Å². The first-order chi connectivity index (χ1) is 14.7. The third-order valence-corrected chi connectivity index (χ3v) is 2.44. The Balaban J connectivity index is -0.000000448. The van der Waals surface area contributed by atoms with Crippen LogP contribution < -0.4 is 0 Å². The fourth-order valence-corrected chi connectivity index (χ4v) is 1.57. The fraction of sp³-hybridized carbons (Fsp3) is 0.700. The van der Waals surface area contributed by atoms with Crippen LogP contribution in [0.15, 0.2) is 23.4 Å². The molecule has 0 aliphatic rings. The Labute approximate surface area is 187 Å². The highest BCUT2D eigenvalue weighted by Crippen LogP contribution is 2.11. The Morgan fingerprint density at radius 1 is 0.548 bits per heavy atom. The molecule has 0 amide bonds. The summed E-state index contributed by atoms with van der Waals surface area (Å²) in [5.41, 5.74) is 0. The second kappa shape index (κ2) is 23.7. The third kappa shape index (κ3) is 18.0. The number of carboxylic acid groups (broad SMARTS) is 2. The van der Waals surface area contributed by atoms with Gasteiger partial charge in [0.2, 0.25) is 0 Å². The number of ether oxygens (including phenoxy) is 6. The Morgan fingerprint density at radius 3 is 0.871 bits per heavy atom. The van der Waals surface area contributed by atoms with Crippen LogP contribution in [0, 0.1) is 0 Å². The van der Waals surface area contributed by atoms with Gasteiger partial charge in [0.1, 0.15) is 0 Å². The maximum absolute atomic E-state index is 10.7. The summed E-state index contributed by atoms with van der Waals surface area (Å²) in [7, 11) is 1.08. The summed E-state index contributed by atoms with van der Waals surface area (Å²) in [6, 6.07) is 0. The van der Waals surface area contributed by atoms with E-state index >= 15 is 0 Å². The van der Waals surface area contributed by atoms with Crippen molar-refractivity contribution in [1.82, 2.24) is 0 Å². The van der Waals surface area contributed by atoms with E-state index < -0.39 is 11.9 Å². The van der Waals surface area contributed by atoms with Crippen LogP contribution >= 0.6 is 0 Å². The molecule has 0 saturated heterocycles. The van der Waals surface area contributed by atoms with Gasteiger partial charge >= 0.3 is 23.8 Å². The Kier molecular flexibility index (Phi) is 25.3. The van der Waals surface area contributed by atoms with Gasteiger partial charge in [0.25, 0.3) is 11.5 Å². The summed E-state index contributed by atoms with van der Waals surface area (Å²) in [5.74, 6) is -3.08. The van der Waals surface area contributed by atoms with E-state index in [9.17, 15) is 9.59 Å². The van der Waals surface area contributed by atoms with Crippen LogP contribution in [0.5, 0.6) is 0 Å². The summed E-state index contributed by atoms with van der Waals surface area (Å²) in [4.78, 5) is 21.5. The van der Waals surface area contributed by atoms with Crippen molar-refractivity contribution in [3.05, 3.63) is 23.4 Å². The Morgan fingerprint density at radius 2 is 0.742 bits per heavy atom. The monoisotopic (exact) mass is 466 g/mol. The molecule has 0 fully saturated rings. The molecule has 0 aromatic heterocycles. The molecule has 10 nitrogen and oxygen atoms in total. The molecule has 0 aliphatic heterocycles. The van der Waals surface area contributed by atoms with Gasteiger partial charge in [-0.25, -0.2) is 9.59 Å². The predicted molar refractivity (Wildman–Crippen MR) is 117 cm³/mol. The zero-order chi connectivity index (χ0) is 24.7. The third-order valence-electron chi connectivity index (χ3n) is 2.44. The van der Waals surface area contributed by atoms with Crippen molar-refractivity contribution in [3.8, 4) is 0 Å². The maximum atomic E-state index is 10.7. The summed E-state index contributed by atoms with van der Waals surface area (Å²) in [6.45, 7) is 16.5. The van der Waals surface area contributed by atoms with Gasteiger partial charge in [0, 0.05) is 9.52 Å². The van der Waals surface area contributed by atoms with Gasteiger partial charge in [-0.2, -0.15) is 0 Å². The molecule has 0 unspecified atom stereocenters. The van der Waals surface area contributed by atoms with Crippen LogP contribution in [-0.2, 0) is 38.0 Å². The van der Waals surface area contributed by atoms with E-state index in [0.29, 0.717) is 26.4 Å². The van der Waals surface area contributed by atoms with Crippen LogP contribution in [-0.4, -0.2) is 71.3 Å². The minimum Gasteiger partial charge on any atom is -0.482 e. The molecule has 0 atom stereocenters. The summed E-state index contributed by atoms with van der Waals surface area (Å²) in [6.07, 6.45) is 0. The highest BCUT2D eigenvalue weighted by Gasteiger charge is 2.19. The molecule has 0 rings (SSSR count). The maximum Gasteiger partial charge on any atom is 0.378 e. The highest BCUT2D eigenvalue weighted by molar-refractivity contribution is 6.31. The zero-order valence-electron chi connectivity index (χ0n) is 19.9. The van der Waals surface area contributed by atoms with Gasteiger partial charge in [-0.1, -0.05) is 13.1 Å². The summed E-state index contributed by atoms with van der Waals surface area (Å²) >= 11 is 0. The van der Waals surface area contributed by atoms with Gasteiger partial charge < -0.3 is 38.6 Å². The number of carboxylic acids is 2. The molecule has 2 N–H and O–H groups in total. The molecule has 0 spiro atoms. The minimum atomic E-state index is -1.19. The van der Waals surface area contributed by atoms with Crippen molar-refractivity contribution in [2.75, 3.05) is 39.6 Å². The molecular formula is C20H38O10Si. The second-order valence-electron chi connectivity index (χ2n) is 4.94. The quantitative estimate of drug-likeness (QED) is 0.223. The van der Waals surface area contributed by atoms with Gasteiger partial charge in [0.15, 0.2) is 0 Å². The molecule has 0 bridgehead atoms. The van der Waals surface area contributed by atoms with Gasteiger partial charge in [0.05, 0.1) is 39.6 Å². The fourth-order valence-electron chi connectivity index (χ4n) is 1.57. The van der Waals surface area contributed by atoms with Crippen molar-refractivity contribution >= 4 is 21.5 Å². The van der Waals surface area contributed by atoms with Crippen molar-refractivity contribution in [3.63, 3.8) is 0 Å². The van der Waals surface area contributed by atoms with E-state index in [-0.39, 0.29) is 36.6 Å². The SMILES string of the molecule is CCOC(OCC)=C(OCC)C(=O)O.CCOC(OCC)=C(OCC)C(=O)O.C[Si]C. The molecule has 0 aromatic carbocycles. The number of rotatable bonds is 14. The first-order valence-corrected chi connectivity index (χ1v) is 12.1. The van der Waals surface area contributed by atoms with Crippen LogP contribution in [0.4, 0.5) is 0 Å². The zero-order valence-corrected chi connectivity index (χ0v) is 20.9. The molecule has 0 heterocycles. The topological polar surface area (TPSA) is 130 Å². The van der Waals surface area contributed by atoms with Crippen LogP contribution in [0.1, 0.15) is 41.5 Å². The first kappa shape index (κ1) is 33.1. The van der Waals surface area contributed by atoms with Crippen LogP contribution in [0.2, 0.25) is 13.1 Å². The van der Waals surface area contributed by atoms with Crippen molar-refractivity contribution in [2.24, 2.45) is 0 Å². The summed E-state index contributed by atoms with van der Waals surface area (Å²) in [5, 5.41) is 17.6. The molecule has 31 heavy (non-hydrogen) atoms. The molecule has 0 saturated carbocycles. The van der Waals surface area contributed by atoms with Crippen LogP contribution in [0.3, 0.4) is 0 Å². The van der Waals surface area contributed by atoms with Gasteiger partial charge in [-0.05, 0) is 41.5 Å². The van der Waals surface area contributed by atoms with Crippen LogP contribution in [0.25, 0.3) is 0 Å². The lowest BCUT2D eigenvalue weighted by Gasteiger charge is -2.12. The molecule has 0 aromatic rings. The Bertz CT molecular complexity index is 470. The largest absolute Gasteiger partial charge is 0.482 e. The lowest BCUT2D eigenvalue weighted by Crippen LogP contribution is -2.12. The smallest absolute Gasteiger partial charge is 0.378 e. The molecular weight excluding hydrogens is 428 g/mol. The van der Waals surface area contributed by atoms with Gasteiger partial charge in [-0.3, -0.25) is 0 Å². The predicted octanol–water partition coefficient (Wildman–Crippen LogP) is 3.49. The second-order valence-corrected chi connectivity index (χ2v) is 5.94. The first-order valence-electron chi connectivity index (χ1n) is 10.1. The van der Waals surface area contributed by atoms with E-state index in [1.807, 2.05) is 0 Å². The summed E-state index contributed by atoms with van der Waals surface area (Å²) < 4.78 is 29.8. The lowest BCUT2D eigenvalue weighted by atomic mass is 10.5. The van der Waals surface area contributed by atoms with Crippen molar-refractivity contribution in [1.29, 1.82) is 0 Å². The minimum absolute atomic E-state index is 0.0654. The average Bonchev–Trinajstić information content (AvgIpc) is 2.71. The average molecular weight is 467 g/mol. The normalized spacial score (nSPS) is 8.77. The van der Waals surface area contributed by atoms with Crippen molar-refractivity contribution < 1.29 is 48.2 Å². The highest BCUT2D eigenvalue weighted by atomic mass is 28.2. The number of hydrogen-bond donors (Lipinski definition) is 2.